The van der Waals surface area contributed by atoms with Crippen LogP contribution in [0, 0.1) is 0 Å². The van der Waals surface area contributed by atoms with E-state index in [1.807, 2.05) is 20.8 Å². The zero-order chi connectivity index (χ0) is 10.3. The summed E-state index contributed by atoms with van der Waals surface area (Å²) in [6.07, 6.45) is 2.94. The number of carbonyl (C=O) groups excluding carboxylic acids is 1. The molecule has 0 aliphatic rings. The smallest absolute Gasteiger partial charge is 0.132 e. The van der Waals surface area contributed by atoms with Gasteiger partial charge in [-0.1, -0.05) is 20.8 Å². The van der Waals surface area contributed by atoms with E-state index in [1.165, 1.54) is 0 Å². The van der Waals surface area contributed by atoms with Crippen molar-refractivity contribution in [1.82, 2.24) is 0 Å². The molecule has 0 fully saturated rings. The fourth-order valence-corrected chi connectivity index (χ4v) is 2.18. The van der Waals surface area contributed by atoms with Crippen molar-refractivity contribution in [2.24, 2.45) is 0 Å². The minimum atomic E-state index is -0.735. The third-order valence-corrected chi connectivity index (χ3v) is 4.14. The lowest BCUT2D eigenvalue weighted by atomic mass is 10.2. The first-order valence-corrected chi connectivity index (χ1v) is 6.38. The third kappa shape index (κ3) is 5.97. The van der Waals surface area contributed by atoms with Crippen LogP contribution in [0.15, 0.2) is 0 Å². The molecule has 2 atom stereocenters. The van der Waals surface area contributed by atoms with Crippen LogP contribution in [0.5, 0.6) is 0 Å². The van der Waals surface area contributed by atoms with Gasteiger partial charge in [-0.3, -0.25) is 9.00 Å². The lowest BCUT2D eigenvalue weighted by molar-refractivity contribution is -0.118. The molecule has 0 N–H and O–H groups in total. The van der Waals surface area contributed by atoms with Gasteiger partial charge in [0.25, 0.3) is 0 Å². The summed E-state index contributed by atoms with van der Waals surface area (Å²) in [5.74, 6) is 0.960. The number of ketones is 1. The van der Waals surface area contributed by atoms with Crippen molar-refractivity contribution in [3.8, 4) is 0 Å². The second-order valence-corrected chi connectivity index (χ2v) is 5.27. The maximum atomic E-state index is 11.4. The molecule has 0 saturated carbocycles. The summed E-state index contributed by atoms with van der Waals surface area (Å²) < 4.78 is 11.4. The average molecular weight is 204 g/mol. The van der Waals surface area contributed by atoms with Crippen LogP contribution in [0.1, 0.15) is 46.5 Å². The predicted octanol–water partition coefficient (Wildman–Crippen LogP) is 2.29. The van der Waals surface area contributed by atoms with E-state index in [9.17, 15) is 9.00 Å². The first-order chi connectivity index (χ1) is 6.11. The van der Waals surface area contributed by atoms with Crippen LogP contribution in [0.25, 0.3) is 0 Å². The first-order valence-electron chi connectivity index (χ1n) is 5.00. The Hall–Kier alpha value is -0.180. The van der Waals surface area contributed by atoms with E-state index in [1.54, 1.807) is 0 Å². The van der Waals surface area contributed by atoms with Crippen LogP contribution < -0.4 is 0 Å². The highest BCUT2D eigenvalue weighted by Gasteiger charge is 2.08. The zero-order valence-electron chi connectivity index (χ0n) is 8.84. The van der Waals surface area contributed by atoms with Gasteiger partial charge in [0.05, 0.1) is 0 Å². The highest BCUT2D eigenvalue weighted by atomic mass is 32.2. The molecule has 13 heavy (non-hydrogen) atoms. The van der Waals surface area contributed by atoms with Crippen LogP contribution in [0.2, 0.25) is 0 Å². The number of hydrogen-bond acceptors (Lipinski definition) is 2. The minimum absolute atomic E-state index is 0.275. The molecule has 0 spiro atoms. The second-order valence-electron chi connectivity index (χ2n) is 3.30. The van der Waals surface area contributed by atoms with Crippen LogP contribution in [0.3, 0.4) is 0 Å². The molecule has 3 heteroatoms. The lowest BCUT2D eigenvalue weighted by Crippen LogP contribution is -2.13. The topological polar surface area (TPSA) is 34.1 Å². The zero-order valence-corrected chi connectivity index (χ0v) is 9.65. The van der Waals surface area contributed by atoms with Gasteiger partial charge in [-0.15, -0.1) is 0 Å². The van der Waals surface area contributed by atoms with Gasteiger partial charge in [-0.25, -0.2) is 0 Å². The number of carbonyl (C=O) groups is 1. The molecule has 0 heterocycles. The quantitative estimate of drug-likeness (QED) is 0.637. The van der Waals surface area contributed by atoms with Crippen LogP contribution >= 0.6 is 0 Å². The predicted molar refractivity (Wildman–Crippen MR) is 57.3 cm³/mol. The third-order valence-electron chi connectivity index (χ3n) is 2.22. The van der Waals surface area contributed by atoms with Crippen molar-refractivity contribution in [2.75, 3.05) is 5.75 Å². The minimum Gasteiger partial charge on any atom is -0.300 e. The molecule has 78 valence electrons. The summed E-state index contributed by atoms with van der Waals surface area (Å²) in [4.78, 5) is 10.9. The van der Waals surface area contributed by atoms with Crippen molar-refractivity contribution in [2.45, 2.75) is 51.7 Å². The Morgan fingerprint density at radius 2 is 2.00 bits per heavy atom. The van der Waals surface area contributed by atoms with Crippen molar-refractivity contribution in [1.29, 1.82) is 0 Å². The van der Waals surface area contributed by atoms with E-state index in [4.69, 9.17) is 0 Å². The van der Waals surface area contributed by atoms with E-state index < -0.39 is 10.8 Å². The molecule has 0 aliphatic carbocycles. The lowest BCUT2D eigenvalue weighted by Gasteiger charge is -2.07. The number of rotatable bonds is 7. The highest BCUT2D eigenvalue weighted by Crippen LogP contribution is 2.04. The van der Waals surface area contributed by atoms with Crippen LogP contribution in [0.4, 0.5) is 0 Å². The Kier molecular flexibility index (Phi) is 7.14. The van der Waals surface area contributed by atoms with Gasteiger partial charge < -0.3 is 0 Å². The first kappa shape index (κ1) is 12.8. The molecule has 0 aromatic heterocycles. The van der Waals surface area contributed by atoms with Crippen LogP contribution in [-0.2, 0) is 15.6 Å². The van der Waals surface area contributed by atoms with E-state index in [-0.39, 0.29) is 11.0 Å². The molecule has 0 amide bonds. The summed E-state index contributed by atoms with van der Waals surface area (Å²) >= 11 is 0. The maximum Gasteiger partial charge on any atom is 0.132 e. The van der Waals surface area contributed by atoms with Gasteiger partial charge in [0, 0.05) is 34.6 Å². The molecular weight excluding hydrogens is 184 g/mol. The molecule has 0 saturated heterocycles. The fraction of sp³-hybridized carbons (Fsp3) is 0.900. The summed E-state index contributed by atoms with van der Waals surface area (Å²) in [6, 6.07) is 0. The van der Waals surface area contributed by atoms with Crippen molar-refractivity contribution in [3.63, 3.8) is 0 Å². The van der Waals surface area contributed by atoms with Crippen molar-refractivity contribution < 1.29 is 9.00 Å². The molecule has 2 nitrogen and oxygen atoms in total. The van der Waals surface area contributed by atoms with Crippen LogP contribution in [-0.4, -0.2) is 21.0 Å². The van der Waals surface area contributed by atoms with Crippen molar-refractivity contribution >= 4 is 16.6 Å². The molecule has 0 aromatic rings. The van der Waals surface area contributed by atoms with E-state index in [0.29, 0.717) is 18.6 Å². The van der Waals surface area contributed by atoms with Gasteiger partial charge in [-0.05, 0) is 12.8 Å². The summed E-state index contributed by atoms with van der Waals surface area (Å²) in [5.41, 5.74) is 0. The Labute approximate surface area is 83.6 Å². The van der Waals surface area contributed by atoms with Crippen molar-refractivity contribution in [3.05, 3.63) is 0 Å². The SMILES string of the molecule is CCC(=O)CCCS(=O)C(C)CC. The Morgan fingerprint density at radius 3 is 2.46 bits per heavy atom. The molecule has 0 aliphatic heterocycles. The average Bonchev–Trinajstić information content (AvgIpc) is 2.15. The summed E-state index contributed by atoms with van der Waals surface area (Å²) in [6.45, 7) is 5.91. The van der Waals surface area contributed by atoms with Gasteiger partial charge >= 0.3 is 0 Å². The molecular formula is C10H20O2S. The van der Waals surface area contributed by atoms with Gasteiger partial charge in [0.1, 0.15) is 5.78 Å². The largest absolute Gasteiger partial charge is 0.300 e. The molecule has 0 radical (unpaired) electrons. The molecule has 2 unspecified atom stereocenters. The Bertz CT molecular complexity index is 178. The second kappa shape index (κ2) is 7.25. The Morgan fingerprint density at radius 1 is 1.38 bits per heavy atom. The summed E-state index contributed by atoms with van der Waals surface area (Å²) in [5, 5.41) is 0.275. The van der Waals surface area contributed by atoms with E-state index >= 15 is 0 Å². The molecule has 0 bridgehead atoms. The summed E-state index contributed by atoms with van der Waals surface area (Å²) in [7, 11) is -0.735. The monoisotopic (exact) mass is 204 g/mol. The fourth-order valence-electron chi connectivity index (χ4n) is 0.975. The van der Waals surface area contributed by atoms with E-state index in [0.717, 1.165) is 12.8 Å². The highest BCUT2D eigenvalue weighted by molar-refractivity contribution is 7.85. The standard InChI is InChI=1S/C10H20O2S/c1-4-9(3)13(12)8-6-7-10(11)5-2/h9H,4-8H2,1-3H3. The Balaban J connectivity index is 3.53. The van der Waals surface area contributed by atoms with Gasteiger partial charge in [0.15, 0.2) is 0 Å². The number of Topliss-reactive ketones (excluding diaryl/α,β-unsaturated/α-hetero) is 1. The van der Waals surface area contributed by atoms with Gasteiger partial charge in [-0.2, -0.15) is 0 Å². The maximum absolute atomic E-state index is 11.4. The molecule has 0 rings (SSSR count). The number of hydrogen-bond donors (Lipinski definition) is 0. The van der Waals surface area contributed by atoms with E-state index in [2.05, 4.69) is 0 Å². The molecule has 0 aromatic carbocycles. The normalized spacial score (nSPS) is 15.3. The van der Waals surface area contributed by atoms with Gasteiger partial charge in [0.2, 0.25) is 0 Å².